The van der Waals surface area contributed by atoms with Crippen molar-refractivity contribution in [3.8, 4) is 0 Å². The van der Waals surface area contributed by atoms with E-state index in [0.717, 1.165) is 11.0 Å². The summed E-state index contributed by atoms with van der Waals surface area (Å²) in [4.78, 5) is 47.4. The van der Waals surface area contributed by atoms with Gasteiger partial charge in [0.1, 0.15) is 0 Å². The van der Waals surface area contributed by atoms with Gasteiger partial charge in [0, 0.05) is 30.8 Å². The van der Waals surface area contributed by atoms with E-state index in [1.807, 2.05) is 20.8 Å². The molecule has 0 atom stereocenters. The zero-order valence-corrected chi connectivity index (χ0v) is 14.3. The van der Waals surface area contributed by atoms with Crippen molar-refractivity contribution in [3.05, 3.63) is 39.4 Å². The first-order valence-electron chi connectivity index (χ1n) is 7.81. The van der Waals surface area contributed by atoms with Gasteiger partial charge in [0.2, 0.25) is 0 Å². The molecule has 0 saturated heterocycles. The molecule has 1 heterocycles. The number of non-ortho nitro benzene ring substituents is 1. The largest absolute Gasteiger partial charge is 0.338 e. The van der Waals surface area contributed by atoms with Gasteiger partial charge in [-0.05, 0) is 33.3 Å². The van der Waals surface area contributed by atoms with E-state index in [-0.39, 0.29) is 41.5 Å². The second kappa shape index (κ2) is 6.88. The molecule has 0 unspecified atom stereocenters. The molecule has 1 aromatic rings. The number of nitrogens with zero attached hydrogens (tertiary/aromatic N) is 2. The Bertz CT molecular complexity index is 739. The first-order chi connectivity index (χ1) is 11.6. The molecule has 2 rings (SSSR count). The van der Waals surface area contributed by atoms with E-state index < -0.39 is 16.7 Å². The summed E-state index contributed by atoms with van der Waals surface area (Å²) in [5.74, 6) is -1.03. The number of fused-ring (bicyclic) bond motifs is 1. The zero-order chi connectivity index (χ0) is 18.8. The molecule has 9 heteroatoms. The number of hydrogen-bond acceptors (Lipinski definition) is 5. The highest BCUT2D eigenvalue weighted by Crippen LogP contribution is 2.26. The Balaban J connectivity index is 1.92. The zero-order valence-electron chi connectivity index (χ0n) is 14.3. The highest BCUT2D eigenvalue weighted by molar-refractivity contribution is 6.21. The maximum Gasteiger partial charge on any atom is 0.315 e. The number of hydrogen-bond donors (Lipinski definition) is 2. The predicted molar refractivity (Wildman–Crippen MR) is 89.4 cm³/mol. The lowest BCUT2D eigenvalue weighted by atomic mass is 10.1. The molecule has 0 spiro atoms. The van der Waals surface area contributed by atoms with E-state index >= 15 is 0 Å². The van der Waals surface area contributed by atoms with Gasteiger partial charge in [0.05, 0.1) is 16.1 Å². The molecule has 0 bridgehead atoms. The van der Waals surface area contributed by atoms with E-state index in [2.05, 4.69) is 10.6 Å². The summed E-state index contributed by atoms with van der Waals surface area (Å²) < 4.78 is 0. The lowest BCUT2D eigenvalue weighted by Crippen LogP contribution is -2.47. The lowest BCUT2D eigenvalue weighted by Gasteiger charge is -2.21. The molecule has 4 amide bonds. The van der Waals surface area contributed by atoms with E-state index in [4.69, 9.17) is 0 Å². The van der Waals surface area contributed by atoms with Crippen molar-refractivity contribution in [1.82, 2.24) is 15.5 Å². The first kappa shape index (κ1) is 18.4. The summed E-state index contributed by atoms with van der Waals surface area (Å²) in [6.07, 6.45) is 0.380. The van der Waals surface area contributed by atoms with Crippen molar-refractivity contribution in [3.63, 3.8) is 0 Å². The van der Waals surface area contributed by atoms with Crippen LogP contribution in [-0.2, 0) is 0 Å². The van der Waals surface area contributed by atoms with Gasteiger partial charge in [-0.3, -0.25) is 24.6 Å². The number of nitrogens with one attached hydrogen (secondary N) is 2. The van der Waals surface area contributed by atoms with E-state index in [0.29, 0.717) is 6.42 Å². The molecule has 1 aliphatic rings. The Morgan fingerprint density at radius 1 is 1.20 bits per heavy atom. The highest BCUT2D eigenvalue weighted by atomic mass is 16.6. The molecule has 0 fully saturated rings. The second-order valence-electron chi connectivity index (χ2n) is 6.73. The van der Waals surface area contributed by atoms with Crippen molar-refractivity contribution in [1.29, 1.82) is 0 Å². The van der Waals surface area contributed by atoms with E-state index in [9.17, 15) is 24.5 Å². The summed E-state index contributed by atoms with van der Waals surface area (Å²) in [7, 11) is 0. The van der Waals surface area contributed by atoms with Crippen LogP contribution in [0.25, 0.3) is 0 Å². The Kier molecular flexibility index (Phi) is 5.05. The maximum absolute atomic E-state index is 12.3. The van der Waals surface area contributed by atoms with Crippen LogP contribution < -0.4 is 10.6 Å². The first-order valence-corrected chi connectivity index (χ1v) is 7.81. The summed E-state index contributed by atoms with van der Waals surface area (Å²) >= 11 is 0. The van der Waals surface area contributed by atoms with E-state index in [1.165, 1.54) is 12.1 Å². The van der Waals surface area contributed by atoms with Crippen molar-refractivity contribution in [2.75, 3.05) is 13.1 Å². The molecule has 1 aromatic carbocycles. The SMILES string of the molecule is CC(C)(C)NC(=O)NCCCN1C(=O)c2ccc([N+](=O)[O-])cc2C1=O. The number of carbonyl (C=O) groups excluding carboxylic acids is 3. The molecule has 1 aliphatic heterocycles. The van der Waals surface area contributed by atoms with Crippen LogP contribution >= 0.6 is 0 Å². The average molecular weight is 348 g/mol. The number of rotatable bonds is 5. The van der Waals surface area contributed by atoms with Gasteiger partial charge in [0.15, 0.2) is 0 Å². The third kappa shape index (κ3) is 4.31. The molecule has 0 radical (unpaired) electrons. The number of carbonyl (C=O) groups is 3. The van der Waals surface area contributed by atoms with Crippen LogP contribution in [0, 0.1) is 10.1 Å². The summed E-state index contributed by atoms with van der Waals surface area (Å²) in [5, 5.41) is 16.2. The molecular formula is C16H20N4O5. The fraction of sp³-hybridized carbons (Fsp3) is 0.438. The van der Waals surface area contributed by atoms with Crippen LogP contribution in [0.3, 0.4) is 0 Å². The Morgan fingerprint density at radius 2 is 1.84 bits per heavy atom. The maximum atomic E-state index is 12.3. The molecule has 0 saturated carbocycles. The lowest BCUT2D eigenvalue weighted by molar-refractivity contribution is -0.384. The van der Waals surface area contributed by atoms with Gasteiger partial charge in [-0.2, -0.15) is 0 Å². The van der Waals surface area contributed by atoms with Crippen molar-refractivity contribution in [2.45, 2.75) is 32.7 Å². The molecule has 9 nitrogen and oxygen atoms in total. The van der Waals surface area contributed by atoms with E-state index in [1.54, 1.807) is 0 Å². The normalized spacial score (nSPS) is 13.6. The number of nitro groups is 1. The number of nitro benzene ring substituents is 1. The van der Waals surface area contributed by atoms with Crippen molar-refractivity contribution < 1.29 is 19.3 Å². The predicted octanol–water partition coefficient (Wildman–Crippen LogP) is 1.68. The number of amides is 4. The molecule has 0 aliphatic carbocycles. The molecule has 0 aromatic heterocycles. The topological polar surface area (TPSA) is 122 Å². The van der Waals surface area contributed by atoms with Gasteiger partial charge in [-0.1, -0.05) is 0 Å². The number of urea groups is 1. The fourth-order valence-corrected chi connectivity index (χ4v) is 2.42. The van der Waals surface area contributed by atoms with Gasteiger partial charge >= 0.3 is 6.03 Å². The van der Waals surface area contributed by atoms with Crippen LogP contribution in [0.15, 0.2) is 18.2 Å². The van der Waals surface area contributed by atoms with Gasteiger partial charge < -0.3 is 10.6 Å². The monoisotopic (exact) mass is 348 g/mol. The smallest absolute Gasteiger partial charge is 0.315 e. The Labute approximate surface area is 144 Å². The fourth-order valence-electron chi connectivity index (χ4n) is 2.42. The van der Waals surface area contributed by atoms with Gasteiger partial charge in [-0.15, -0.1) is 0 Å². The Morgan fingerprint density at radius 3 is 2.44 bits per heavy atom. The minimum absolute atomic E-state index is 0.0395. The highest BCUT2D eigenvalue weighted by Gasteiger charge is 2.36. The average Bonchev–Trinajstić information content (AvgIpc) is 2.73. The second-order valence-corrected chi connectivity index (χ2v) is 6.73. The molecular weight excluding hydrogens is 328 g/mol. The minimum Gasteiger partial charge on any atom is -0.338 e. The summed E-state index contributed by atoms with van der Waals surface area (Å²) in [6.45, 7) is 5.96. The van der Waals surface area contributed by atoms with Crippen LogP contribution in [-0.4, -0.2) is 46.3 Å². The Hall–Kier alpha value is -2.97. The van der Waals surface area contributed by atoms with Gasteiger partial charge in [0.25, 0.3) is 17.5 Å². The van der Waals surface area contributed by atoms with Crippen LogP contribution in [0.2, 0.25) is 0 Å². The number of imide groups is 1. The third-order valence-corrected chi connectivity index (χ3v) is 3.50. The van der Waals surface area contributed by atoms with Crippen LogP contribution in [0.1, 0.15) is 47.9 Å². The van der Waals surface area contributed by atoms with Crippen LogP contribution in [0.4, 0.5) is 10.5 Å². The third-order valence-electron chi connectivity index (χ3n) is 3.50. The standard InChI is InChI=1S/C16H20N4O5/c1-16(2,3)18-15(23)17-7-4-8-19-13(21)11-6-5-10(20(24)25)9-12(11)14(19)22/h5-6,9H,4,7-8H2,1-3H3,(H2,17,18,23). The summed E-state index contributed by atoms with van der Waals surface area (Å²) in [6, 6.07) is 3.28. The van der Waals surface area contributed by atoms with Crippen molar-refractivity contribution >= 4 is 23.5 Å². The number of benzene rings is 1. The van der Waals surface area contributed by atoms with Gasteiger partial charge in [-0.25, -0.2) is 4.79 Å². The minimum atomic E-state index is -0.613. The summed E-state index contributed by atoms with van der Waals surface area (Å²) in [5.41, 5.74) is -0.393. The molecule has 25 heavy (non-hydrogen) atoms. The van der Waals surface area contributed by atoms with Crippen molar-refractivity contribution in [2.24, 2.45) is 0 Å². The molecule has 134 valence electrons. The quantitative estimate of drug-likeness (QED) is 0.363. The van der Waals surface area contributed by atoms with Crippen LogP contribution in [0.5, 0.6) is 0 Å². The molecule has 2 N–H and O–H groups in total.